The Morgan fingerprint density at radius 2 is 2.14 bits per heavy atom. The summed E-state index contributed by atoms with van der Waals surface area (Å²) in [5, 5.41) is 0. The van der Waals surface area contributed by atoms with Crippen molar-refractivity contribution in [1.82, 2.24) is 0 Å². The maximum Gasteiger partial charge on any atom is 0.00980 e. The molecule has 74 valence electrons. The summed E-state index contributed by atoms with van der Waals surface area (Å²) in [5.74, 6) is 5.11. The predicted molar refractivity (Wildman–Crippen MR) is 57.7 cm³/mol. The second-order valence-electron chi connectivity index (χ2n) is 5.98. The zero-order valence-corrected chi connectivity index (χ0v) is 8.65. The van der Waals surface area contributed by atoms with Crippen molar-refractivity contribution in [3.05, 3.63) is 24.8 Å². The van der Waals surface area contributed by atoms with E-state index in [1.54, 1.807) is 6.42 Å². The predicted octanol–water partition coefficient (Wildman–Crippen LogP) is 3.41. The van der Waals surface area contributed by atoms with Crippen LogP contribution in [0.1, 0.15) is 25.7 Å². The minimum absolute atomic E-state index is 0.440. The van der Waals surface area contributed by atoms with Gasteiger partial charge in [-0.1, -0.05) is 18.2 Å². The Hall–Kier alpha value is -0.520. The van der Waals surface area contributed by atoms with Gasteiger partial charge in [0.15, 0.2) is 0 Å². The van der Waals surface area contributed by atoms with Crippen molar-refractivity contribution in [2.75, 3.05) is 0 Å². The molecular formula is C14H18. The van der Waals surface area contributed by atoms with Gasteiger partial charge < -0.3 is 0 Å². The van der Waals surface area contributed by atoms with Gasteiger partial charge in [0.25, 0.3) is 0 Å². The van der Waals surface area contributed by atoms with Gasteiger partial charge in [0.2, 0.25) is 0 Å². The van der Waals surface area contributed by atoms with E-state index in [1.807, 2.05) is 0 Å². The SMILES string of the molecule is C=CC12C=CC(C1)C1C3CCC(C3)C12. The largest absolute Gasteiger partial charge is 0.102 e. The highest BCUT2D eigenvalue weighted by Gasteiger charge is 2.63. The lowest BCUT2D eigenvalue weighted by molar-refractivity contribution is 0.175. The van der Waals surface area contributed by atoms with Crippen LogP contribution in [-0.2, 0) is 0 Å². The Balaban J connectivity index is 1.85. The molecule has 0 radical (unpaired) electrons. The summed E-state index contributed by atoms with van der Waals surface area (Å²) in [4.78, 5) is 0. The second kappa shape index (κ2) is 2.18. The van der Waals surface area contributed by atoms with Crippen LogP contribution in [-0.4, -0.2) is 0 Å². The first kappa shape index (κ1) is 7.73. The first-order chi connectivity index (χ1) is 6.84. The fourth-order valence-corrected chi connectivity index (χ4v) is 5.40. The first-order valence-electron chi connectivity index (χ1n) is 6.17. The third kappa shape index (κ3) is 0.637. The summed E-state index contributed by atoms with van der Waals surface area (Å²) < 4.78 is 0. The molecule has 6 unspecified atom stereocenters. The van der Waals surface area contributed by atoms with Crippen LogP contribution in [0.15, 0.2) is 24.8 Å². The van der Waals surface area contributed by atoms with Gasteiger partial charge in [-0.25, -0.2) is 0 Å². The van der Waals surface area contributed by atoms with Crippen LogP contribution in [0.4, 0.5) is 0 Å². The molecule has 0 aliphatic heterocycles. The van der Waals surface area contributed by atoms with Crippen molar-refractivity contribution in [1.29, 1.82) is 0 Å². The van der Waals surface area contributed by atoms with E-state index in [9.17, 15) is 0 Å². The number of rotatable bonds is 1. The van der Waals surface area contributed by atoms with Gasteiger partial charge in [0.05, 0.1) is 0 Å². The average molecular weight is 186 g/mol. The van der Waals surface area contributed by atoms with E-state index in [-0.39, 0.29) is 0 Å². The molecule has 0 nitrogen and oxygen atoms in total. The van der Waals surface area contributed by atoms with E-state index in [0.717, 1.165) is 29.6 Å². The molecule has 0 aromatic carbocycles. The number of hydrogen-bond acceptors (Lipinski definition) is 0. The molecule has 0 heteroatoms. The van der Waals surface area contributed by atoms with Crippen molar-refractivity contribution in [3.8, 4) is 0 Å². The molecule has 4 aliphatic carbocycles. The summed E-state index contributed by atoms with van der Waals surface area (Å²) in [6.07, 6.45) is 13.3. The third-order valence-electron chi connectivity index (χ3n) is 5.72. The smallest absolute Gasteiger partial charge is 0.00980 e. The minimum Gasteiger partial charge on any atom is -0.102 e. The maximum atomic E-state index is 4.11. The molecule has 4 bridgehead atoms. The van der Waals surface area contributed by atoms with Crippen LogP contribution in [0.2, 0.25) is 0 Å². The highest BCUT2D eigenvalue weighted by molar-refractivity contribution is 5.30. The van der Waals surface area contributed by atoms with Crippen LogP contribution in [0, 0.1) is 35.0 Å². The van der Waals surface area contributed by atoms with E-state index >= 15 is 0 Å². The Morgan fingerprint density at radius 3 is 3.00 bits per heavy atom. The standard InChI is InChI=1S/C14H18/c1-2-14-6-5-11(8-14)12-9-3-4-10(7-9)13(12)14/h2,5-6,9-13H,1,3-4,7-8H2. The molecule has 3 fully saturated rings. The van der Waals surface area contributed by atoms with E-state index in [1.165, 1.54) is 19.3 Å². The van der Waals surface area contributed by atoms with Crippen molar-refractivity contribution in [3.63, 3.8) is 0 Å². The third-order valence-corrected chi connectivity index (χ3v) is 5.72. The van der Waals surface area contributed by atoms with Gasteiger partial charge >= 0.3 is 0 Å². The van der Waals surface area contributed by atoms with Gasteiger partial charge in [-0.15, -0.1) is 6.58 Å². The number of allylic oxidation sites excluding steroid dienone is 3. The molecule has 0 saturated heterocycles. The van der Waals surface area contributed by atoms with Crippen LogP contribution >= 0.6 is 0 Å². The summed E-state index contributed by atoms with van der Waals surface area (Å²) in [6, 6.07) is 0. The summed E-state index contributed by atoms with van der Waals surface area (Å²) in [5.41, 5.74) is 0.440. The van der Waals surface area contributed by atoms with Gasteiger partial charge in [-0.2, -0.15) is 0 Å². The summed E-state index contributed by atoms with van der Waals surface area (Å²) in [7, 11) is 0. The normalized spacial score (nSPS) is 62.1. The van der Waals surface area contributed by atoms with Gasteiger partial charge in [0.1, 0.15) is 0 Å². The highest BCUT2D eigenvalue weighted by Crippen LogP contribution is 2.70. The average Bonchev–Trinajstić information content (AvgIpc) is 2.96. The topological polar surface area (TPSA) is 0 Å². The molecule has 0 N–H and O–H groups in total. The van der Waals surface area contributed by atoms with Crippen molar-refractivity contribution >= 4 is 0 Å². The summed E-state index contributed by atoms with van der Waals surface area (Å²) in [6.45, 7) is 4.11. The maximum absolute atomic E-state index is 4.11. The molecular weight excluding hydrogens is 168 g/mol. The lowest BCUT2D eigenvalue weighted by Gasteiger charge is -2.37. The fraction of sp³-hybridized carbons (Fsp3) is 0.714. The van der Waals surface area contributed by atoms with Gasteiger partial charge in [-0.3, -0.25) is 0 Å². The molecule has 3 saturated carbocycles. The van der Waals surface area contributed by atoms with Crippen molar-refractivity contribution < 1.29 is 0 Å². The van der Waals surface area contributed by atoms with Crippen LogP contribution in [0.5, 0.6) is 0 Å². The first-order valence-corrected chi connectivity index (χ1v) is 6.17. The number of fused-ring (bicyclic) bond motifs is 9. The minimum atomic E-state index is 0.440. The van der Waals surface area contributed by atoms with E-state index in [2.05, 4.69) is 24.8 Å². The Labute approximate surface area is 86.1 Å². The lowest BCUT2D eigenvalue weighted by atomic mass is 9.67. The molecule has 14 heavy (non-hydrogen) atoms. The number of hydrogen-bond donors (Lipinski definition) is 0. The van der Waals surface area contributed by atoms with Crippen molar-refractivity contribution in [2.45, 2.75) is 25.7 Å². The molecule has 4 aliphatic rings. The molecule has 0 aromatic heterocycles. The lowest BCUT2D eigenvalue weighted by Crippen LogP contribution is -2.31. The Morgan fingerprint density at radius 1 is 1.29 bits per heavy atom. The van der Waals surface area contributed by atoms with Crippen LogP contribution in [0.25, 0.3) is 0 Å². The Bertz CT molecular complexity index is 327. The fourth-order valence-electron chi connectivity index (χ4n) is 5.40. The summed E-state index contributed by atoms with van der Waals surface area (Å²) >= 11 is 0. The Kier molecular flexibility index (Phi) is 1.20. The molecule has 6 atom stereocenters. The van der Waals surface area contributed by atoms with E-state index < -0.39 is 0 Å². The second-order valence-corrected chi connectivity index (χ2v) is 5.98. The van der Waals surface area contributed by atoms with E-state index in [0.29, 0.717) is 5.41 Å². The van der Waals surface area contributed by atoms with Crippen molar-refractivity contribution in [2.24, 2.45) is 35.0 Å². The molecule has 0 heterocycles. The van der Waals surface area contributed by atoms with E-state index in [4.69, 9.17) is 0 Å². The van der Waals surface area contributed by atoms with Gasteiger partial charge in [0, 0.05) is 5.41 Å². The molecule has 4 rings (SSSR count). The highest BCUT2D eigenvalue weighted by atomic mass is 14.7. The monoisotopic (exact) mass is 186 g/mol. The zero-order valence-electron chi connectivity index (χ0n) is 8.65. The van der Waals surface area contributed by atoms with Crippen LogP contribution < -0.4 is 0 Å². The van der Waals surface area contributed by atoms with Crippen LogP contribution in [0.3, 0.4) is 0 Å². The molecule has 0 spiro atoms. The zero-order chi connectivity index (χ0) is 9.34. The quantitative estimate of drug-likeness (QED) is 0.435. The van der Waals surface area contributed by atoms with Gasteiger partial charge in [-0.05, 0) is 55.3 Å². The molecule has 0 amide bonds. The molecule has 0 aromatic rings.